The number of hydrogen-bond acceptors (Lipinski definition) is 1. The normalized spacial score (nSPS) is 28.8. The van der Waals surface area contributed by atoms with E-state index in [-0.39, 0.29) is 24.8 Å². The summed E-state index contributed by atoms with van der Waals surface area (Å²) < 4.78 is 38.5. The number of halogens is 4. The lowest BCUT2D eigenvalue weighted by molar-refractivity contribution is -0.169. The molecular weight excluding hydrogens is 275 g/mol. The average molecular weight is 290 g/mol. The summed E-state index contributed by atoms with van der Waals surface area (Å²) in [6, 6.07) is 7.53. The predicted molar refractivity (Wildman–Crippen MR) is 68.4 cm³/mol. The van der Waals surface area contributed by atoms with Gasteiger partial charge in [0.25, 0.3) is 0 Å². The molecule has 1 N–H and O–H groups in total. The quantitative estimate of drug-likeness (QED) is 0.876. The molecule has 0 spiro atoms. The number of rotatable bonds is 3. The van der Waals surface area contributed by atoms with Gasteiger partial charge in [0.15, 0.2) is 0 Å². The minimum atomic E-state index is -4.12. The second-order valence-corrected chi connectivity index (χ2v) is 6.02. The number of nitrogens with one attached hydrogen (secondary N) is 1. The summed E-state index contributed by atoms with van der Waals surface area (Å²) in [7, 11) is 0. The second kappa shape index (κ2) is 4.38. The third-order valence-electron chi connectivity index (χ3n) is 4.26. The van der Waals surface area contributed by atoms with Crippen molar-refractivity contribution in [3.8, 4) is 0 Å². The van der Waals surface area contributed by atoms with Gasteiger partial charge in [-0.3, -0.25) is 0 Å². The van der Waals surface area contributed by atoms with E-state index in [9.17, 15) is 13.2 Å². The molecule has 104 valence electrons. The molecule has 1 aromatic rings. The Morgan fingerprint density at radius 1 is 1.16 bits per heavy atom. The van der Waals surface area contributed by atoms with E-state index >= 15 is 0 Å². The lowest BCUT2D eigenvalue weighted by Crippen LogP contribution is -2.53. The van der Waals surface area contributed by atoms with Crippen LogP contribution in [0.25, 0.3) is 0 Å². The molecule has 2 fully saturated rings. The maximum Gasteiger partial charge on any atom is 0.406 e. The van der Waals surface area contributed by atoms with E-state index in [2.05, 4.69) is 5.32 Å². The zero-order valence-electron chi connectivity index (χ0n) is 10.3. The van der Waals surface area contributed by atoms with Crippen molar-refractivity contribution < 1.29 is 13.2 Å². The van der Waals surface area contributed by atoms with Crippen LogP contribution in [0.2, 0.25) is 5.02 Å². The van der Waals surface area contributed by atoms with Crippen molar-refractivity contribution in [3.05, 3.63) is 34.9 Å². The van der Waals surface area contributed by atoms with Crippen LogP contribution in [0.3, 0.4) is 0 Å². The largest absolute Gasteiger partial charge is 0.406 e. The van der Waals surface area contributed by atoms with Crippen LogP contribution < -0.4 is 5.32 Å². The maximum atomic E-state index is 12.8. The minimum absolute atomic E-state index is 0.0367. The van der Waals surface area contributed by atoms with Gasteiger partial charge in [-0.1, -0.05) is 29.8 Å². The summed E-state index contributed by atoms with van der Waals surface area (Å²) in [6.07, 6.45) is -2.22. The molecule has 3 rings (SSSR count). The van der Waals surface area contributed by atoms with E-state index in [1.165, 1.54) is 0 Å². The molecule has 1 nitrogen and oxygen atoms in total. The molecule has 0 aliphatic heterocycles. The first-order valence-corrected chi connectivity index (χ1v) is 6.88. The van der Waals surface area contributed by atoms with Crippen LogP contribution in [0.5, 0.6) is 0 Å². The Balaban J connectivity index is 1.58. The van der Waals surface area contributed by atoms with Crippen LogP contribution >= 0.6 is 11.6 Å². The van der Waals surface area contributed by atoms with E-state index in [0.29, 0.717) is 5.02 Å². The van der Waals surface area contributed by atoms with Crippen molar-refractivity contribution in [2.45, 2.75) is 49.4 Å². The zero-order chi connectivity index (χ0) is 13.7. The highest BCUT2D eigenvalue weighted by Crippen LogP contribution is 2.51. The van der Waals surface area contributed by atoms with E-state index in [4.69, 9.17) is 11.6 Å². The molecule has 0 unspecified atom stereocenters. The van der Waals surface area contributed by atoms with Crippen molar-refractivity contribution in [2.24, 2.45) is 0 Å². The first kappa shape index (κ1) is 13.3. The smallest absolute Gasteiger partial charge is 0.301 e. The fraction of sp³-hybridized carbons (Fsp3) is 0.571. The molecule has 1 aromatic carbocycles. The molecular formula is C14H15ClF3N. The highest BCUT2D eigenvalue weighted by atomic mass is 35.5. The van der Waals surface area contributed by atoms with Crippen molar-refractivity contribution in [1.82, 2.24) is 5.32 Å². The first-order valence-electron chi connectivity index (χ1n) is 6.50. The van der Waals surface area contributed by atoms with Crippen molar-refractivity contribution >= 4 is 11.6 Å². The molecule has 2 saturated carbocycles. The summed E-state index contributed by atoms with van der Waals surface area (Å²) in [5, 5.41) is 3.51. The molecule has 0 bridgehead atoms. The summed E-state index contributed by atoms with van der Waals surface area (Å²) in [5.41, 5.74) is -0.539. The Morgan fingerprint density at radius 2 is 1.79 bits per heavy atom. The third kappa shape index (κ3) is 2.36. The number of benzene rings is 1. The van der Waals surface area contributed by atoms with Gasteiger partial charge in [-0.15, -0.1) is 0 Å². The molecule has 0 heterocycles. The molecule has 2 aliphatic rings. The molecule has 0 saturated heterocycles. The topological polar surface area (TPSA) is 12.0 Å². The fourth-order valence-electron chi connectivity index (χ4n) is 2.82. The van der Waals surface area contributed by atoms with Gasteiger partial charge in [-0.05, 0) is 43.2 Å². The summed E-state index contributed by atoms with van der Waals surface area (Å²) in [6.45, 7) is 0. The van der Waals surface area contributed by atoms with Gasteiger partial charge in [0, 0.05) is 11.1 Å². The molecule has 0 atom stereocenters. The fourth-order valence-corrected chi connectivity index (χ4v) is 3.11. The average Bonchev–Trinajstić information content (AvgIpc) is 3.04. The predicted octanol–water partition coefficient (Wildman–Crippen LogP) is 4.27. The molecule has 0 radical (unpaired) electrons. The summed E-state index contributed by atoms with van der Waals surface area (Å²) >= 11 is 6.10. The van der Waals surface area contributed by atoms with Crippen LogP contribution in [0.4, 0.5) is 13.2 Å². The van der Waals surface area contributed by atoms with Crippen LogP contribution in [0, 0.1) is 0 Å². The van der Waals surface area contributed by atoms with Gasteiger partial charge >= 0.3 is 6.18 Å². The summed E-state index contributed by atoms with van der Waals surface area (Å²) in [4.78, 5) is 0. The Kier molecular flexibility index (Phi) is 3.06. The molecule has 2 aliphatic carbocycles. The first-order chi connectivity index (χ1) is 8.91. The Bertz CT molecular complexity index is 476. The highest BCUT2D eigenvalue weighted by molar-refractivity contribution is 6.31. The number of alkyl halides is 3. The monoisotopic (exact) mass is 289 g/mol. The highest BCUT2D eigenvalue weighted by Gasteiger charge is 2.64. The zero-order valence-corrected chi connectivity index (χ0v) is 11.1. The lowest BCUT2D eigenvalue weighted by atomic mass is 9.75. The maximum absolute atomic E-state index is 12.8. The summed E-state index contributed by atoms with van der Waals surface area (Å²) in [5.74, 6) is 0.287. The van der Waals surface area contributed by atoms with E-state index in [1.54, 1.807) is 0 Å². The standard InChI is InChI=1S/C14H15ClF3N/c15-12-4-2-1-3-11(12)9-7-10(8-9)19-13(5-6-13)14(16,17)18/h1-4,9-10,19H,5-8H2. The van der Waals surface area contributed by atoms with Crippen molar-refractivity contribution in [1.29, 1.82) is 0 Å². The minimum Gasteiger partial charge on any atom is -0.301 e. The van der Waals surface area contributed by atoms with Gasteiger partial charge in [0.2, 0.25) is 0 Å². The van der Waals surface area contributed by atoms with Crippen LogP contribution in [-0.2, 0) is 0 Å². The third-order valence-corrected chi connectivity index (χ3v) is 4.60. The van der Waals surface area contributed by atoms with E-state index in [1.807, 2.05) is 24.3 Å². The van der Waals surface area contributed by atoms with Gasteiger partial charge in [0.05, 0.1) is 0 Å². The van der Waals surface area contributed by atoms with Gasteiger partial charge in [-0.25, -0.2) is 0 Å². The van der Waals surface area contributed by atoms with Crippen molar-refractivity contribution in [2.75, 3.05) is 0 Å². The Morgan fingerprint density at radius 3 is 2.32 bits per heavy atom. The second-order valence-electron chi connectivity index (χ2n) is 5.61. The Hall–Kier alpha value is -0.740. The number of hydrogen-bond donors (Lipinski definition) is 1. The van der Waals surface area contributed by atoms with Gasteiger partial charge < -0.3 is 5.32 Å². The molecule has 0 aromatic heterocycles. The lowest BCUT2D eigenvalue weighted by Gasteiger charge is -2.39. The van der Waals surface area contributed by atoms with Crippen LogP contribution in [0.15, 0.2) is 24.3 Å². The van der Waals surface area contributed by atoms with Crippen LogP contribution in [0.1, 0.15) is 37.2 Å². The Labute approximate surface area is 115 Å². The van der Waals surface area contributed by atoms with Crippen molar-refractivity contribution in [3.63, 3.8) is 0 Å². The molecule has 0 amide bonds. The van der Waals surface area contributed by atoms with E-state index < -0.39 is 11.7 Å². The van der Waals surface area contributed by atoms with Gasteiger partial charge in [-0.2, -0.15) is 13.2 Å². The SMILES string of the molecule is FC(F)(F)C1(NC2CC(c3ccccc3Cl)C2)CC1. The van der Waals surface area contributed by atoms with E-state index in [0.717, 1.165) is 18.4 Å². The van der Waals surface area contributed by atoms with Gasteiger partial charge in [0.1, 0.15) is 5.54 Å². The molecule has 19 heavy (non-hydrogen) atoms. The molecule has 5 heteroatoms. The van der Waals surface area contributed by atoms with Crippen LogP contribution in [-0.4, -0.2) is 17.8 Å².